The molecule has 0 aliphatic rings. The molecule has 0 aliphatic heterocycles. The first kappa shape index (κ1) is 19.5. The lowest BCUT2D eigenvalue weighted by Crippen LogP contribution is -2.44. The average Bonchev–Trinajstić information content (AvgIpc) is 2.69. The summed E-state index contributed by atoms with van der Waals surface area (Å²) in [7, 11) is 0. The van der Waals surface area contributed by atoms with Crippen molar-refractivity contribution in [2.45, 2.75) is 6.42 Å². The minimum atomic E-state index is -0.335. The Morgan fingerprint density at radius 2 is 1.62 bits per heavy atom. The van der Waals surface area contributed by atoms with Gasteiger partial charge in [0.05, 0.1) is 6.54 Å². The second-order valence-corrected chi connectivity index (χ2v) is 5.78. The van der Waals surface area contributed by atoms with Gasteiger partial charge in [-0.1, -0.05) is 48.5 Å². The van der Waals surface area contributed by atoms with Crippen LogP contribution in [-0.2, 0) is 16.0 Å². The molecule has 0 saturated carbocycles. The number of nitrogens with two attached hydrogens (primary N) is 1. The fourth-order valence-corrected chi connectivity index (χ4v) is 2.43. The normalized spacial score (nSPS) is 10.2. The zero-order valence-electron chi connectivity index (χ0n) is 14.8. The molecule has 3 N–H and O–H groups in total. The lowest BCUT2D eigenvalue weighted by molar-refractivity contribution is -0.133. The molecule has 26 heavy (non-hydrogen) atoms. The third kappa shape index (κ3) is 6.94. The highest BCUT2D eigenvalue weighted by Gasteiger charge is 2.14. The van der Waals surface area contributed by atoms with Crippen molar-refractivity contribution < 1.29 is 14.3 Å². The molecule has 0 unspecified atom stereocenters. The van der Waals surface area contributed by atoms with Crippen molar-refractivity contribution in [3.05, 3.63) is 66.2 Å². The van der Waals surface area contributed by atoms with E-state index in [2.05, 4.69) is 5.32 Å². The van der Waals surface area contributed by atoms with E-state index in [0.29, 0.717) is 25.4 Å². The van der Waals surface area contributed by atoms with Crippen molar-refractivity contribution in [3.8, 4) is 5.75 Å². The van der Waals surface area contributed by atoms with E-state index in [1.165, 1.54) is 0 Å². The van der Waals surface area contributed by atoms with Crippen molar-refractivity contribution in [2.24, 2.45) is 5.73 Å². The van der Waals surface area contributed by atoms with Crippen LogP contribution in [0.25, 0.3) is 0 Å². The first-order valence-electron chi connectivity index (χ1n) is 8.65. The Morgan fingerprint density at radius 1 is 0.962 bits per heavy atom. The fourth-order valence-electron chi connectivity index (χ4n) is 2.43. The number of carbonyl (C=O) groups excluding carboxylic acids is 2. The summed E-state index contributed by atoms with van der Waals surface area (Å²) in [5, 5.41) is 2.59. The van der Waals surface area contributed by atoms with Crippen molar-refractivity contribution in [1.82, 2.24) is 10.2 Å². The predicted octanol–water partition coefficient (Wildman–Crippen LogP) is 1.21. The number of amides is 2. The minimum absolute atomic E-state index is 0.0637. The summed E-state index contributed by atoms with van der Waals surface area (Å²) in [6.07, 6.45) is 0.748. The van der Waals surface area contributed by atoms with Crippen LogP contribution in [0.4, 0.5) is 0 Å². The highest BCUT2D eigenvalue weighted by Crippen LogP contribution is 2.07. The second kappa shape index (κ2) is 10.9. The Hall–Kier alpha value is -2.86. The first-order valence-corrected chi connectivity index (χ1v) is 8.65. The summed E-state index contributed by atoms with van der Waals surface area (Å²) >= 11 is 0. The molecule has 0 bridgehead atoms. The van der Waals surface area contributed by atoms with E-state index in [1.54, 1.807) is 17.0 Å². The summed E-state index contributed by atoms with van der Waals surface area (Å²) in [6.45, 7) is 1.22. The molecule has 0 aromatic heterocycles. The monoisotopic (exact) mass is 355 g/mol. The van der Waals surface area contributed by atoms with Crippen LogP contribution in [0.2, 0.25) is 0 Å². The highest BCUT2D eigenvalue weighted by molar-refractivity contribution is 5.85. The summed E-state index contributed by atoms with van der Waals surface area (Å²) in [5.74, 6) is 0.124. The molecule has 2 aromatic carbocycles. The van der Waals surface area contributed by atoms with Crippen molar-refractivity contribution >= 4 is 11.8 Å². The molecule has 2 amide bonds. The summed E-state index contributed by atoms with van der Waals surface area (Å²) < 4.78 is 5.36. The lowest BCUT2D eigenvalue weighted by atomic mass is 10.1. The summed E-state index contributed by atoms with van der Waals surface area (Å²) in [6, 6.07) is 19.0. The Kier molecular flexibility index (Phi) is 8.15. The molecule has 6 nitrogen and oxygen atoms in total. The van der Waals surface area contributed by atoms with Gasteiger partial charge >= 0.3 is 0 Å². The number of hydrogen-bond acceptors (Lipinski definition) is 4. The average molecular weight is 355 g/mol. The quantitative estimate of drug-likeness (QED) is 0.671. The fraction of sp³-hybridized carbons (Fsp3) is 0.300. The maximum absolute atomic E-state index is 12.3. The van der Waals surface area contributed by atoms with Gasteiger partial charge in [0, 0.05) is 19.6 Å². The molecule has 6 heteroatoms. The maximum Gasteiger partial charge on any atom is 0.258 e. The van der Waals surface area contributed by atoms with Gasteiger partial charge in [-0.05, 0) is 24.1 Å². The number of nitrogens with zero attached hydrogens (tertiary/aromatic N) is 1. The standard InChI is InChI=1S/C20H25N3O3/c21-12-14-23(13-11-17-7-3-1-4-8-17)20(25)15-22-19(24)16-26-18-9-5-2-6-10-18/h1-10H,11-16,21H2,(H,22,24). The van der Waals surface area contributed by atoms with E-state index in [1.807, 2.05) is 48.5 Å². The number of ether oxygens (including phenoxy) is 1. The molecule has 0 radical (unpaired) electrons. The number of carbonyl (C=O) groups is 2. The van der Waals surface area contributed by atoms with E-state index in [0.717, 1.165) is 12.0 Å². The van der Waals surface area contributed by atoms with Gasteiger partial charge in [0.15, 0.2) is 6.61 Å². The van der Waals surface area contributed by atoms with Crippen LogP contribution in [-0.4, -0.2) is 49.5 Å². The summed E-state index contributed by atoms with van der Waals surface area (Å²) in [4.78, 5) is 25.9. The molecule has 138 valence electrons. The van der Waals surface area contributed by atoms with E-state index in [4.69, 9.17) is 10.5 Å². The van der Waals surface area contributed by atoms with E-state index < -0.39 is 0 Å². The highest BCUT2D eigenvalue weighted by atomic mass is 16.5. The van der Waals surface area contributed by atoms with Gasteiger partial charge < -0.3 is 20.7 Å². The summed E-state index contributed by atoms with van der Waals surface area (Å²) in [5.41, 5.74) is 6.76. The Balaban J connectivity index is 1.74. The SMILES string of the molecule is NCCN(CCc1ccccc1)C(=O)CNC(=O)COc1ccccc1. The van der Waals surface area contributed by atoms with Crippen LogP contribution in [0.3, 0.4) is 0 Å². The largest absolute Gasteiger partial charge is 0.484 e. The maximum atomic E-state index is 12.3. The number of para-hydroxylation sites is 1. The molecule has 2 rings (SSSR count). The van der Waals surface area contributed by atoms with Crippen molar-refractivity contribution in [1.29, 1.82) is 0 Å². The topological polar surface area (TPSA) is 84.7 Å². The number of hydrogen-bond donors (Lipinski definition) is 2. The van der Waals surface area contributed by atoms with Gasteiger partial charge in [0.1, 0.15) is 5.75 Å². The van der Waals surface area contributed by atoms with Crippen molar-refractivity contribution in [2.75, 3.05) is 32.8 Å². The molecule has 0 fully saturated rings. The molecule has 0 saturated heterocycles. The van der Waals surface area contributed by atoms with Crippen LogP contribution in [0.1, 0.15) is 5.56 Å². The van der Waals surface area contributed by atoms with Crippen molar-refractivity contribution in [3.63, 3.8) is 0 Å². The van der Waals surface area contributed by atoms with Gasteiger partial charge in [0.25, 0.3) is 5.91 Å². The smallest absolute Gasteiger partial charge is 0.258 e. The van der Waals surface area contributed by atoms with Gasteiger partial charge in [-0.3, -0.25) is 9.59 Å². The zero-order chi connectivity index (χ0) is 18.6. The molecule has 0 aliphatic carbocycles. The van der Waals surface area contributed by atoms with Crippen LogP contribution < -0.4 is 15.8 Å². The molecule has 0 heterocycles. The third-order valence-electron chi connectivity index (χ3n) is 3.81. The van der Waals surface area contributed by atoms with Crippen LogP contribution >= 0.6 is 0 Å². The van der Waals surface area contributed by atoms with E-state index in [9.17, 15) is 9.59 Å². The Morgan fingerprint density at radius 3 is 2.27 bits per heavy atom. The molecule has 0 atom stereocenters. The molecular weight excluding hydrogens is 330 g/mol. The van der Waals surface area contributed by atoms with E-state index >= 15 is 0 Å². The number of nitrogens with one attached hydrogen (secondary N) is 1. The van der Waals surface area contributed by atoms with Gasteiger partial charge in [-0.25, -0.2) is 0 Å². The lowest BCUT2D eigenvalue weighted by Gasteiger charge is -2.22. The number of rotatable bonds is 10. The van der Waals surface area contributed by atoms with Crippen LogP contribution in [0.15, 0.2) is 60.7 Å². The number of benzene rings is 2. The first-order chi connectivity index (χ1) is 12.7. The van der Waals surface area contributed by atoms with Gasteiger partial charge in [0.2, 0.25) is 5.91 Å². The van der Waals surface area contributed by atoms with E-state index in [-0.39, 0.29) is 25.0 Å². The second-order valence-electron chi connectivity index (χ2n) is 5.78. The molecule has 2 aromatic rings. The Labute approximate surface area is 153 Å². The molecule has 0 spiro atoms. The zero-order valence-corrected chi connectivity index (χ0v) is 14.8. The minimum Gasteiger partial charge on any atom is -0.484 e. The van der Waals surface area contributed by atoms with Gasteiger partial charge in [-0.15, -0.1) is 0 Å². The van der Waals surface area contributed by atoms with Crippen LogP contribution in [0.5, 0.6) is 5.75 Å². The van der Waals surface area contributed by atoms with Gasteiger partial charge in [-0.2, -0.15) is 0 Å². The predicted molar refractivity (Wildman–Crippen MR) is 101 cm³/mol. The van der Waals surface area contributed by atoms with Crippen LogP contribution in [0, 0.1) is 0 Å². The Bertz CT molecular complexity index is 677. The molecular formula is C20H25N3O3. The third-order valence-corrected chi connectivity index (χ3v) is 3.81.